The van der Waals surface area contributed by atoms with Crippen molar-refractivity contribution in [2.75, 3.05) is 0 Å². The van der Waals surface area contributed by atoms with Crippen molar-refractivity contribution in [3.05, 3.63) is 12.3 Å². The van der Waals surface area contributed by atoms with E-state index in [1.807, 2.05) is 0 Å². The SMILES string of the molecule is C=C1C[C@H](C)[C@H]2[C@@H](CC)[C@H]2N1. The average Bonchev–Trinajstić information content (AvgIpc) is 2.61. The third kappa shape index (κ3) is 0.979. The van der Waals surface area contributed by atoms with E-state index < -0.39 is 0 Å². The van der Waals surface area contributed by atoms with Gasteiger partial charge in [-0.15, -0.1) is 0 Å². The molecule has 62 valence electrons. The molecule has 4 atom stereocenters. The van der Waals surface area contributed by atoms with Crippen LogP contribution < -0.4 is 5.32 Å². The van der Waals surface area contributed by atoms with Crippen LogP contribution in [0.15, 0.2) is 12.3 Å². The number of fused-ring (bicyclic) bond motifs is 1. The lowest BCUT2D eigenvalue weighted by Gasteiger charge is -2.20. The Morgan fingerprint density at radius 1 is 1.64 bits per heavy atom. The van der Waals surface area contributed by atoms with Crippen LogP contribution in [0.5, 0.6) is 0 Å². The third-order valence-corrected chi connectivity index (χ3v) is 3.30. The smallest absolute Gasteiger partial charge is 0.0323 e. The Hall–Kier alpha value is -0.460. The fourth-order valence-corrected chi connectivity index (χ4v) is 2.73. The van der Waals surface area contributed by atoms with Gasteiger partial charge in [0.05, 0.1) is 0 Å². The molecule has 0 spiro atoms. The molecule has 2 rings (SSSR count). The number of nitrogens with one attached hydrogen (secondary N) is 1. The lowest BCUT2D eigenvalue weighted by atomic mass is 9.96. The van der Waals surface area contributed by atoms with Gasteiger partial charge >= 0.3 is 0 Å². The van der Waals surface area contributed by atoms with Gasteiger partial charge in [-0.3, -0.25) is 0 Å². The second-order valence-electron chi connectivity index (χ2n) is 4.10. The number of allylic oxidation sites excluding steroid dienone is 1. The van der Waals surface area contributed by atoms with Crippen molar-refractivity contribution in [1.29, 1.82) is 0 Å². The van der Waals surface area contributed by atoms with Crippen LogP contribution in [0.25, 0.3) is 0 Å². The van der Waals surface area contributed by atoms with E-state index in [-0.39, 0.29) is 0 Å². The Morgan fingerprint density at radius 2 is 2.36 bits per heavy atom. The zero-order chi connectivity index (χ0) is 8.01. The topological polar surface area (TPSA) is 12.0 Å². The number of piperidine rings is 1. The molecule has 2 aliphatic rings. The van der Waals surface area contributed by atoms with E-state index in [9.17, 15) is 0 Å². The molecular weight excluding hydrogens is 134 g/mol. The predicted molar refractivity (Wildman–Crippen MR) is 47.1 cm³/mol. The molecule has 0 unspecified atom stereocenters. The molecule has 0 aromatic carbocycles. The highest BCUT2D eigenvalue weighted by Crippen LogP contribution is 2.51. The lowest BCUT2D eigenvalue weighted by molar-refractivity contribution is 0.418. The van der Waals surface area contributed by atoms with Crippen LogP contribution in [0.4, 0.5) is 0 Å². The highest BCUT2D eigenvalue weighted by molar-refractivity contribution is 5.15. The normalized spacial score (nSPS) is 48.0. The van der Waals surface area contributed by atoms with E-state index in [2.05, 4.69) is 25.7 Å². The Labute approximate surface area is 68.9 Å². The van der Waals surface area contributed by atoms with Gasteiger partial charge in [0.2, 0.25) is 0 Å². The fraction of sp³-hybridized carbons (Fsp3) is 0.800. The molecule has 0 aromatic rings. The van der Waals surface area contributed by atoms with Crippen LogP contribution in [0.3, 0.4) is 0 Å². The number of hydrogen-bond donors (Lipinski definition) is 1. The zero-order valence-corrected chi connectivity index (χ0v) is 7.43. The molecule has 1 aliphatic carbocycles. The molecule has 1 saturated carbocycles. The quantitative estimate of drug-likeness (QED) is 0.605. The summed E-state index contributed by atoms with van der Waals surface area (Å²) in [6, 6.07) is 0.788. The van der Waals surface area contributed by atoms with Crippen LogP contribution >= 0.6 is 0 Å². The average molecular weight is 151 g/mol. The van der Waals surface area contributed by atoms with Crippen LogP contribution in [-0.4, -0.2) is 6.04 Å². The van der Waals surface area contributed by atoms with E-state index in [1.54, 1.807) is 0 Å². The Balaban J connectivity index is 2.04. The molecule has 0 amide bonds. The molecule has 2 fully saturated rings. The van der Waals surface area contributed by atoms with E-state index >= 15 is 0 Å². The second kappa shape index (κ2) is 2.26. The molecule has 1 heterocycles. The summed E-state index contributed by atoms with van der Waals surface area (Å²) in [5.74, 6) is 2.79. The van der Waals surface area contributed by atoms with Crippen LogP contribution in [0.1, 0.15) is 26.7 Å². The first-order chi connectivity index (χ1) is 5.24. The largest absolute Gasteiger partial charge is 0.385 e. The highest BCUT2D eigenvalue weighted by Gasteiger charge is 2.53. The maximum atomic E-state index is 4.00. The van der Waals surface area contributed by atoms with Gasteiger partial charge in [0.25, 0.3) is 0 Å². The van der Waals surface area contributed by atoms with Crippen molar-refractivity contribution in [2.24, 2.45) is 17.8 Å². The highest BCUT2D eigenvalue weighted by atomic mass is 15.0. The summed E-state index contributed by atoms with van der Waals surface area (Å²) in [6.45, 7) is 8.65. The summed E-state index contributed by atoms with van der Waals surface area (Å²) in [7, 11) is 0. The van der Waals surface area contributed by atoms with Gasteiger partial charge in [-0.2, -0.15) is 0 Å². The third-order valence-electron chi connectivity index (χ3n) is 3.30. The van der Waals surface area contributed by atoms with Crippen molar-refractivity contribution in [2.45, 2.75) is 32.7 Å². The molecule has 1 nitrogen and oxygen atoms in total. The van der Waals surface area contributed by atoms with Crippen molar-refractivity contribution < 1.29 is 0 Å². The number of rotatable bonds is 1. The van der Waals surface area contributed by atoms with Gasteiger partial charge in [0, 0.05) is 11.7 Å². The maximum Gasteiger partial charge on any atom is 0.0323 e. The summed E-state index contributed by atoms with van der Waals surface area (Å²) in [6.07, 6.45) is 2.53. The molecule has 1 aliphatic heterocycles. The van der Waals surface area contributed by atoms with Crippen molar-refractivity contribution >= 4 is 0 Å². The van der Waals surface area contributed by atoms with E-state index in [0.29, 0.717) is 0 Å². The van der Waals surface area contributed by atoms with Crippen LogP contribution in [0, 0.1) is 17.8 Å². The summed E-state index contributed by atoms with van der Waals surface area (Å²) >= 11 is 0. The minimum atomic E-state index is 0.788. The van der Waals surface area contributed by atoms with E-state index in [0.717, 1.165) is 23.8 Å². The zero-order valence-electron chi connectivity index (χ0n) is 7.43. The maximum absolute atomic E-state index is 4.00. The lowest BCUT2D eigenvalue weighted by Crippen LogP contribution is -2.25. The molecule has 1 heteroatoms. The van der Waals surface area contributed by atoms with E-state index in [1.165, 1.54) is 18.5 Å². The van der Waals surface area contributed by atoms with Crippen LogP contribution in [-0.2, 0) is 0 Å². The summed E-state index contributed by atoms with van der Waals surface area (Å²) in [4.78, 5) is 0. The van der Waals surface area contributed by atoms with Crippen molar-refractivity contribution in [3.8, 4) is 0 Å². The Bertz CT molecular complexity index is 185. The molecule has 0 aromatic heterocycles. The molecule has 1 saturated heterocycles. The first-order valence-electron chi connectivity index (χ1n) is 4.68. The summed E-state index contributed by atoms with van der Waals surface area (Å²) < 4.78 is 0. The van der Waals surface area contributed by atoms with Crippen LogP contribution in [0.2, 0.25) is 0 Å². The second-order valence-corrected chi connectivity index (χ2v) is 4.10. The monoisotopic (exact) mass is 151 g/mol. The van der Waals surface area contributed by atoms with Gasteiger partial charge in [0.1, 0.15) is 0 Å². The minimum absolute atomic E-state index is 0.788. The first-order valence-corrected chi connectivity index (χ1v) is 4.68. The molecular formula is C10H17N. The standard InChI is InChI=1S/C10H17N/c1-4-8-9-6(2)5-7(3)11-10(8)9/h6,8-11H,3-5H2,1-2H3/t6-,8+,9-,10+/m0/s1. The molecule has 11 heavy (non-hydrogen) atoms. The van der Waals surface area contributed by atoms with Gasteiger partial charge in [0.15, 0.2) is 0 Å². The fourth-order valence-electron chi connectivity index (χ4n) is 2.73. The molecule has 0 radical (unpaired) electrons. The molecule has 0 bridgehead atoms. The predicted octanol–water partition coefficient (Wildman–Crippen LogP) is 2.15. The van der Waals surface area contributed by atoms with Gasteiger partial charge in [-0.05, 0) is 24.2 Å². The Morgan fingerprint density at radius 3 is 3.00 bits per heavy atom. The minimum Gasteiger partial charge on any atom is -0.385 e. The summed E-state index contributed by atoms with van der Waals surface area (Å²) in [5, 5.41) is 3.49. The van der Waals surface area contributed by atoms with Gasteiger partial charge in [-0.1, -0.05) is 26.8 Å². The molecule has 1 N–H and O–H groups in total. The number of hydrogen-bond acceptors (Lipinski definition) is 1. The van der Waals surface area contributed by atoms with Crippen molar-refractivity contribution in [3.63, 3.8) is 0 Å². The Kier molecular flexibility index (Phi) is 1.48. The summed E-state index contributed by atoms with van der Waals surface area (Å²) in [5.41, 5.74) is 1.26. The van der Waals surface area contributed by atoms with Crippen molar-refractivity contribution in [1.82, 2.24) is 5.32 Å². The first kappa shape index (κ1) is 7.20. The van der Waals surface area contributed by atoms with E-state index in [4.69, 9.17) is 0 Å². The van der Waals surface area contributed by atoms with Gasteiger partial charge in [-0.25, -0.2) is 0 Å². The van der Waals surface area contributed by atoms with Gasteiger partial charge < -0.3 is 5.32 Å².